The van der Waals surface area contributed by atoms with Gasteiger partial charge < -0.3 is 15.0 Å². The fraction of sp³-hybridized carbons (Fsp3) is 0.909. The van der Waals surface area contributed by atoms with Gasteiger partial charge in [0.2, 0.25) is 0 Å². The molecule has 0 amide bonds. The van der Waals surface area contributed by atoms with Crippen molar-refractivity contribution in [1.82, 2.24) is 10.2 Å². The number of esters is 1. The Bertz CT molecular complexity index is 240. The molecule has 0 heterocycles. The van der Waals surface area contributed by atoms with Crippen LogP contribution < -0.4 is 5.32 Å². The van der Waals surface area contributed by atoms with Crippen molar-refractivity contribution in [2.24, 2.45) is 0 Å². The summed E-state index contributed by atoms with van der Waals surface area (Å²) in [5, 5.41) is 2.90. The van der Waals surface area contributed by atoms with Gasteiger partial charge in [0.15, 0.2) is 0 Å². The van der Waals surface area contributed by atoms with E-state index in [2.05, 4.69) is 5.32 Å². The first-order chi connectivity index (χ1) is 7.85. The zero-order valence-corrected chi connectivity index (χ0v) is 10.9. The number of rotatable bonds is 8. The summed E-state index contributed by atoms with van der Waals surface area (Å²) in [6, 6.07) is 0. The molecule has 0 bridgehead atoms. The number of carbonyl (C=O) groups is 1. The highest BCUT2D eigenvalue weighted by Gasteiger charge is 2.31. The van der Waals surface area contributed by atoms with E-state index in [1.807, 2.05) is 0 Å². The van der Waals surface area contributed by atoms with Gasteiger partial charge >= 0.3 is 5.97 Å². The van der Waals surface area contributed by atoms with Gasteiger partial charge in [-0.3, -0.25) is 4.79 Å². The maximum Gasteiger partial charge on any atom is 0.325 e. The standard InChI is InChI=1S/C11H22F2N2O2/c1-11(14-2,10(16)17-4)6-5-7-15(3)8-9(12)13/h9,14H,5-8H2,1-4H3. The number of alkyl halides is 2. The maximum atomic E-state index is 12.1. The number of carbonyl (C=O) groups excluding carboxylic acids is 1. The Kier molecular flexibility index (Phi) is 7.22. The molecule has 0 radical (unpaired) electrons. The van der Waals surface area contributed by atoms with Crippen LogP contribution in [0.15, 0.2) is 0 Å². The summed E-state index contributed by atoms with van der Waals surface area (Å²) >= 11 is 0. The van der Waals surface area contributed by atoms with Gasteiger partial charge in [-0.15, -0.1) is 0 Å². The van der Waals surface area contributed by atoms with Crippen molar-refractivity contribution in [3.63, 3.8) is 0 Å². The minimum atomic E-state index is -2.32. The predicted molar refractivity (Wildman–Crippen MR) is 62.2 cm³/mol. The molecule has 0 aromatic heterocycles. The first kappa shape index (κ1) is 16.2. The molecule has 0 rings (SSSR count). The summed E-state index contributed by atoms with van der Waals surface area (Å²) in [5.74, 6) is -0.337. The Morgan fingerprint density at radius 2 is 2.12 bits per heavy atom. The van der Waals surface area contributed by atoms with Crippen LogP contribution in [0.2, 0.25) is 0 Å². The molecule has 0 fully saturated rings. The number of likely N-dealkylation sites (N-methyl/N-ethyl adjacent to an activating group) is 1. The highest BCUT2D eigenvalue weighted by Crippen LogP contribution is 2.14. The van der Waals surface area contributed by atoms with E-state index in [0.717, 1.165) is 0 Å². The third-order valence-electron chi connectivity index (χ3n) is 2.85. The Labute approximate surface area is 101 Å². The monoisotopic (exact) mass is 252 g/mol. The molecule has 0 aliphatic rings. The fourth-order valence-corrected chi connectivity index (χ4v) is 1.58. The fourth-order valence-electron chi connectivity index (χ4n) is 1.58. The lowest BCUT2D eigenvalue weighted by atomic mass is 9.96. The van der Waals surface area contributed by atoms with Gasteiger partial charge in [0.1, 0.15) is 5.54 Å². The normalized spacial score (nSPS) is 15.1. The van der Waals surface area contributed by atoms with E-state index >= 15 is 0 Å². The number of hydrogen-bond donors (Lipinski definition) is 1. The van der Waals surface area contributed by atoms with Crippen LogP contribution >= 0.6 is 0 Å². The van der Waals surface area contributed by atoms with Crippen molar-refractivity contribution >= 4 is 5.97 Å². The topological polar surface area (TPSA) is 41.6 Å². The van der Waals surface area contributed by atoms with Gasteiger partial charge in [-0.1, -0.05) is 0 Å². The summed E-state index contributed by atoms with van der Waals surface area (Å²) in [6.07, 6.45) is -1.13. The molecule has 102 valence electrons. The molecular formula is C11H22F2N2O2. The van der Waals surface area contributed by atoms with Crippen LogP contribution in [0.1, 0.15) is 19.8 Å². The van der Waals surface area contributed by atoms with Crippen LogP contribution in [0.25, 0.3) is 0 Å². The molecular weight excluding hydrogens is 230 g/mol. The molecule has 6 heteroatoms. The van der Waals surface area contributed by atoms with Crippen LogP contribution in [-0.2, 0) is 9.53 Å². The molecule has 0 aliphatic heterocycles. The van der Waals surface area contributed by atoms with Crippen molar-refractivity contribution in [3.05, 3.63) is 0 Å². The molecule has 1 atom stereocenters. The number of methoxy groups -OCH3 is 1. The summed E-state index contributed by atoms with van der Waals surface area (Å²) in [5.41, 5.74) is -0.750. The molecule has 0 spiro atoms. The third kappa shape index (κ3) is 5.93. The average molecular weight is 252 g/mol. The number of ether oxygens (including phenoxy) is 1. The molecule has 0 aliphatic carbocycles. The molecule has 1 N–H and O–H groups in total. The minimum absolute atomic E-state index is 0.242. The first-order valence-corrected chi connectivity index (χ1v) is 5.59. The minimum Gasteiger partial charge on any atom is -0.468 e. The predicted octanol–water partition coefficient (Wildman–Crippen LogP) is 1.11. The Morgan fingerprint density at radius 1 is 1.53 bits per heavy atom. The lowest BCUT2D eigenvalue weighted by Crippen LogP contribution is -2.48. The van der Waals surface area contributed by atoms with Crippen molar-refractivity contribution < 1.29 is 18.3 Å². The average Bonchev–Trinajstić information content (AvgIpc) is 2.26. The van der Waals surface area contributed by atoms with E-state index in [1.165, 1.54) is 7.11 Å². The lowest BCUT2D eigenvalue weighted by Gasteiger charge is -2.27. The Morgan fingerprint density at radius 3 is 2.53 bits per heavy atom. The highest BCUT2D eigenvalue weighted by molar-refractivity contribution is 5.80. The SMILES string of the molecule is CNC(C)(CCCN(C)CC(F)F)C(=O)OC. The highest BCUT2D eigenvalue weighted by atomic mass is 19.3. The zero-order valence-electron chi connectivity index (χ0n) is 10.9. The number of halogens is 2. The molecule has 4 nitrogen and oxygen atoms in total. The van der Waals surface area contributed by atoms with Crippen LogP contribution in [-0.4, -0.2) is 57.1 Å². The van der Waals surface area contributed by atoms with Crippen molar-refractivity contribution in [2.45, 2.75) is 31.7 Å². The van der Waals surface area contributed by atoms with E-state index in [0.29, 0.717) is 19.4 Å². The maximum absolute atomic E-state index is 12.1. The number of hydrogen-bond acceptors (Lipinski definition) is 4. The third-order valence-corrected chi connectivity index (χ3v) is 2.85. The largest absolute Gasteiger partial charge is 0.468 e. The van der Waals surface area contributed by atoms with Crippen molar-refractivity contribution in [3.8, 4) is 0 Å². The second-order valence-corrected chi connectivity index (χ2v) is 4.33. The van der Waals surface area contributed by atoms with E-state index in [-0.39, 0.29) is 12.5 Å². The van der Waals surface area contributed by atoms with E-state index in [9.17, 15) is 13.6 Å². The molecule has 0 saturated heterocycles. The van der Waals surface area contributed by atoms with E-state index in [1.54, 1.807) is 25.9 Å². The van der Waals surface area contributed by atoms with E-state index in [4.69, 9.17) is 4.74 Å². The van der Waals surface area contributed by atoms with Crippen LogP contribution in [0.4, 0.5) is 8.78 Å². The smallest absolute Gasteiger partial charge is 0.325 e. The van der Waals surface area contributed by atoms with Crippen LogP contribution in [0, 0.1) is 0 Å². The van der Waals surface area contributed by atoms with Crippen molar-refractivity contribution in [1.29, 1.82) is 0 Å². The second-order valence-electron chi connectivity index (χ2n) is 4.33. The first-order valence-electron chi connectivity index (χ1n) is 5.59. The lowest BCUT2D eigenvalue weighted by molar-refractivity contribution is -0.148. The van der Waals surface area contributed by atoms with Gasteiger partial charge in [-0.2, -0.15) is 0 Å². The van der Waals surface area contributed by atoms with Gasteiger partial charge in [0.25, 0.3) is 6.43 Å². The second kappa shape index (κ2) is 7.55. The Hall–Kier alpha value is -0.750. The molecule has 0 saturated carbocycles. The summed E-state index contributed by atoms with van der Waals surface area (Å²) in [6.45, 7) is 2.03. The van der Waals surface area contributed by atoms with Gasteiger partial charge in [0.05, 0.1) is 13.7 Å². The molecule has 0 aromatic rings. The van der Waals surface area contributed by atoms with Gasteiger partial charge in [-0.25, -0.2) is 8.78 Å². The molecule has 17 heavy (non-hydrogen) atoms. The Balaban J connectivity index is 4.04. The summed E-state index contributed by atoms with van der Waals surface area (Å²) < 4.78 is 28.8. The number of nitrogens with one attached hydrogen (secondary N) is 1. The molecule has 0 aromatic carbocycles. The number of nitrogens with zero attached hydrogens (tertiary/aromatic N) is 1. The summed E-state index contributed by atoms with van der Waals surface area (Å²) in [4.78, 5) is 13.1. The molecule has 1 unspecified atom stereocenters. The van der Waals surface area contributed by atoms with Crippen LogP contribution in [0.3, 0.4) is 0 Å². The van der Waals surface area contributed by atoms with Gasteiger partial charge in [0, 0.05) is 0 Å². The zero-order chi connectivity index (χ0) is 13.5. The quantitative estimate of drug-likeness (QED) is 0.657. The van der Waals surface area contributed by atoms with E-state index < -0.39 is 12.0 Å². The van der Waals surface area contributed by atoms with Crippen molar-refractivity contribution in [2.75, 3.05) is 34.3 Å². The van der Waals surface area contributed by atoms with Crippen LogP contribution in [0.5, 0.6) is 0 Å². The summed E-state index contributed by atoms with van der Waals surface area (Å²) in [7, 11) is 4.65. The van der Waals surface area contributed by atoms with Gasteiger partial charge in [-0.05, 0) is 40.4 Å².